The van der Waals surface area contributed by atoms with Crippen LogP contribution in [0.5, 0.6) is 5.75 Å². The molecule has 4 rings (SSSR count). The molecule has 3 aromatic rings. The lowest BCUT2D eigenvalue weighted by Crippen LogP contribution is -2.42. The van der Waals surface area contributed by atoms with Gasteiger partial charge < -0.3 is 21.1 Å². The maximum Gasteiger partial charge on any atom is 0.251 e. The quantitative estimate of drug-likeness (QED) is 0.500. The number of nitrogens with zero attached hydrogens (tertiary/aromatic N) is 1. The van der Waals surface area contributed by atoms with Crippen molar-refractivity contribution < 1.29 is 19.1 Å². The Kier molecular flexibility index (Phi) is 7.06. The second kappa shape index (κ2) is 10.3. The van der Waals surface area contributed by atoms with Gasteiger partial charge >= 0.3 is 0 Å². The summed E-state index contributed by atoms with van der Waals surface area (Å²) in [4.78, 5) is 40.7. The summed E-state index contributed by atoms with van der Waals surface area (Å²) in [5.74, 6) is -0.577. The molecule has 4 N–H and O–H groups in total. The molecule has 0 saturated carbocycles. The van der Waals surface area contributed by atoms with Crippen LogP contribution in [0.3, 0.4) is 0 Å². The highest BCUT2D eigenvalue weighted by atomic mass is 16.5. The largest absolute Gasteiger partial charge is 0.489 e. The number of hydrogen-bond acceptors (Lipinski definition) is 5. The van der Waals surface area contributed by atoms with Gasteiger partial charge in [-0.3, -0.25) is 19.4 Å². The van der Waals surface area contributed by atoms with E-state index in [1.807, 2.05) is 37.3 Å². The maximum absolute atomic E-state index is 12.8. The van der Waals surface area contributed by atoms with Gasteiger partial charge in [-0.05, 0) is 55.7 Å². The Bertz CT molecular complexity index is 1210. The van der Waals surface area contributed by atoms with E-state index in [1.54, 1.807) is 24.3 Å². The molecular formula is C26H28N4O4. The second-order valence-electron chi connectivity index (χ2n) is 8.61. The van der Waals surface area contributed by atoms with Gasteiger partial charge in [0.15, 0.2) is 0 Å². The van der Waals surface area contributed by atoms with Crippen molar-refractivity contribution in [2.75, 3.05) is 6.54 Å². The summed E-state index contributed by atoms with van der Waals surface area (Å²) in [5.41, 5.74) is 8.72. The zero-order chi connectivity index (χ0) is 24.1. The monoisotopic (exact) mass is 460 g/mol. The molecule has 0 aliphatic carbocycles. The number of rotatable bonds is 7. The Balaban J connectivity index is 1.41. The molecule has 34 heavy (non-hydrogen) atoms. The number of nitrogens with two attached hydrogens (primary N) is 1. The molecule has 2 atom stereocenters. The van der Waals surface area contributed by atoms with Gasteiger partial charge in [0.2, 0.25) is 11.8 Å². The fourth-order valence-corrected chi connectivity index (χ4v) is 4.35. The number of benzene rings is 2. The number of hydrogen-bond donors (Lipinski definition) is 3. The lowest BCUT2D eigenvalue weighted by Gasteiger charge is -2.24. The summed E-state index contributed by atoms with van der Waals surface area (Å²) in [7, 11) is 0. The number of aromatic nitrogens is 1. The van der Waals surface area contributed by atoms with Crippen LogP contribution in [-0.4, -0.2) is 35.3 Å². The molecule has 1 aliphatic heterocycles. The van der Waals surface area contributed by atoms with Crippen LogP contribution in [0.15, 0.2) is 54.6 Å². The van der Waals surface area contributed by atoms with Crippen LogP contribution in [0.4, 0.5) is 0 Å². The van der Waals surface area contributed by atoms with Gasteiger partial charge in [0.1, 0.15) is 12.4 Å². The lowest BCUT2D eigenvalue weighted by atomic mass is 9.91. The van der Waals surface area contributed by atoms with Gasteiger partial charge in [-0.15, -0.1) is 0 Å². The van der Waals surface area contributed by atoms with E-state index in [2.05, 4.69) is 15.6 Å². The molecule has 2 unspecified atom stereocenters. The van der Waals surface area contributed by atoms with E-state index < -0.39 is 5.91 Å². The molecule has 8 heteroatoms. The Labute approximate surface area is 197 Å². The number of fused-ring (bicyclic) bond motifs is 1. The molecule has 1 aromatic heterocycles. The van der Waals surface area contributed by atoms with Crippen molar-refractivity contribution >= 4 is 28.6 Å². The van der Waals surface area contributed by atoms with E-state index in [0.717, 1.165) is 22.2 Å². The summed E-state index contributed by atoms with van der Waals surface area (Å²) >= 11 is 0. The van der Waals surface area contributed by atoms with Crippen molar-refractivity contribution in [2.45, 2.75) is 38.8 Å². The van der Waals surface area contributed by atoms with E-state index >= 15 is 0 Å². The number of carbonyl (C=O) groups excluding carboxylic acids is 3. The number of nitrogens with one attached hydrogen (secondary N) is 2. The minimum Gasteiger partial charge on any atom is -0.489 e. The van der Waals surface area contributed by atoms with Crippen LogP contribution in [-0.2, 0) is 16.2 Å². The summed E-state index contributed by atoms with van der Waals surface area (Å²) in [6.07, 6.45) is 0.744. The summed E-state index contributed by atoms with van der Waals surface area (Å²) in [6.45, 7) is 2.78. The molecule has 176 valence electrons. The predicted octanol–water partition coefficient (Wildman–Crippen LogP) is 2.62. The van der Waals surface area contributed by atoms with Crippen molar-refractivity contribution in [1.82, 2.24) is 15.6 Å². The molecular weight excluding hydrogens is 432 g/mol. The van der Waals surface area contributed by atoms with Crippen LogP contribution >= 0.6 is 0 Å². The first-order chi connectivity index (χ1) is 16.4. The van der Waals surface area contributed by atoms with E-state index in [4.69, 9.17) is 10.5 Å². The first-order valence-electron chi connectivity index (χ1n) is 11.3. The third kappa shape index (κ3) is 5.70. The normalized spacial score (nSPS) is 18.1. The summed E-state index contributed by atoms with van der Waals surface area (Å²) in [5, 5.41) is 6.79. The molecule has 2 aromatic carbocycles. The Morgan fingerprint density at radius 2 is 1.94 bits per heavy atom. The van der Waals surface area contributed by atoms with Gasteiger partial charge in [0.05, 0.1) is 5.52 Å². The summed E-state index contributed by atoms with van der Waals surface area (Å²) in [6, 6.07) is 16.5. The minimum atomic E-state index is -0.488. The van der Waals surface area contributed by atoms with Crippen LogP contribution in [0.1, 0.15) is 40.9 Å². The van der Waals surface area contributed by atoms with Crippen molar-refractivity contribution in [3.8, 4) is 5.75 Å². The highest BCUT2D eigenvalue weighted by molar-refractivity contribution is 5.94. The minimum absolute atomic E-state index is 0.0499. The van der Waals surface area contributed by atoms with E-state index in [1.165, 1.54) is 0 Å². The van der Waals surface area contributed by atoms with Crippen LogP contribution in [0.25, 0.3) is 10.9 Å². The number of carbonyl (C=O) groups is 3. The van der Waals surface area contributed by atoms with Crippen LogP contribution in [0.2, 0.25) is 0 Å². The molecule has 0 radical (unpaired) electrons. The number of primary amides is 1. The SMILES string of the molecule is Cc1cc(COc2ccc(C(=O)NC3CCNC(=O)CC3CC(N)=O)cc2)c2ccccc2n1. The van der Waals surface area contributed by atoms with Crippen LogP contribution < -0.4 is 21.1 Å². The summed E-state index contributed by atoms with van der Waals surface area (Å²) < 4.78 is 5.97. The smallest absolute Gasteiger partial charge is 0.251 e. The van der Waals surface area contributed by atoms with Crippen molar-refractivity contribution in [3.63, 3.8) is 0 Å². The lowest BCUT2D eigenvalue weighted by molar-refractivity contribution is -0.122. The van der Waals surface area contributed by atoms with Gasteiger partial charge in [0.25, 0.3) is 5.91 Å². The predicted molar refractivity (Wildman–Crippen MR) is 128 cm³/mol. The van der Waals surface area contributed by atoms with Crippen molar-refractivity contribution in [2.24, 2.45) is 11.7 Å². The average molecular weight is 461 g/mol. The highest BCUT2D eigenvalue weighted by Gasteiger charge is 2.29. The Morgan fingerprint density at radius 3 is 2.71 bits per heavy atom. The van der Waals surface area contributed by atoms with E-state index in [9.17, 15) is 14.4 Å². The topological polar surface area (TPSA) is 123 Å². The van der Waals surface area contributed by atoms with Crippen molar-refractivity contribution in [1.29, 1.82) is 0 Å². The second-order valence-corrected chi connectivity index (χ2v) is 8.61. The third-order valence-corrected chi connectivity index (χ3v) is 6.01. The zero-order valence-electron chi connectivity index (χ0n) is 19.0. The molecule has 8 nitrogen and oxygen atoms in total. The molecule has 1 saturated heterocycles. The number of aryl methyl sites for hydroxylation is 1. The van der Waals surface area contributed by atoms with Gasteiger partial charge in [0, 0.05) is 47.6 Å². The first kappa shape index (κ1) is 23.2. The van der Waals surface area contributed by atoms with Crippen LogP contribution in [0, 0.1) is 12.8 Å². The Hall–Kier alpha value is -3.94. The Morgan fingerprint density at radius 1 is 1.18 bits per heavy atom. The number of amides is 3. The standard InChI is InChI=1S/C26H28N4O4/c1-16-12-19(21-4-2-3-5-23(21)29-16)15-34-20-8-6-17(7-9-20)26(33)30-22-10-11-28-25(32)14-18(22)13-24(27)31/h2-9,12,18,22H,10-11,13-15H2,1H3,(H2,27,31)(H,28,32)(H,30,33). The number of ether oxygens (including phenoxy) is 1. The van der Waals surface area contributed by atoms with Gasteiger partial charge in [-0.1, -0.05) is 18.2 Å². The van der Waals surface area contributed by atoms with E-state index in [0.29, 0.717) is 30.9 Å². The number of para-hydroxylation sites is 1. The molecule has 0 bridgehead atoms. The molecule has 1 aliphatic rings. The van der Waals surface area contributed by atoms with Gasteiger partial charge in [-0.25, -0.2) is 0 Å². The third-order valence-electron chi connectivity index (χ3n) is 6.01. The number of pyridine rings is 1. The molecule has 1 fully saturated rings. The molecule has 2 heterocycles. The fourth-order valence-electron chi connectivity index (χ4n) is 4.35. The van der Waals surface area contributed by atoms with E-state index in [-0.39, 0.29) is 36.6 Å². The van der Waals surface area contributed by atoms with Gasteiger partial charge in [-0.2, -0.15) is 0 Å². The van der Waals surface area contributed by atoms with Crippen molar-refractivity contribution in [3.05, 3.63) is 71.4 Å². The highest BCUT2D eigenvalue weighted by Crippen LogP contribution is 2.22. The zero-order valence-corrected chi connectivity index (χ0v) is 19.0. The molecule has 0 spiro atoms. The average Bonchev–Trinajstić information content (AvgIpc) is 2.97. The maximum atomic E-state index is 12.8. The fraction of sp³-hybridized carbons (Fsp3) is 0.308. The molecule has 3 amide bonds. The first-order valence-corrected chi connectivity index (χ1v) is 11.3.